The van der Waals surface area contributed by atoms with E-state index in [9.17, 15) is 19.6 Å². The lowest BCUT2D eigenvalue weighted by molar-refractivity contribution is -0.140. The first-order valence-corrected chi connectivity index (χ1v) is 12.0. The molecule has 1 aliphatic rings. The molecule has 5 rings (SSSR count). The van der Waals surface area contributed by atoms with Crippen LogP contribution in [-0.4, -0.2) is 59.5 Å². The second-order valence-corrected chi connectivity index (χ2v) is 9.16. The lowest BCUT2D eigenvalue weighted by Gasteiger charge is -2.32. The number of rotatable bonds is 6. The fourth-order valence-corrected chi connectivity index (χ4v) is 4.59. The van der Waals surface area contributed by atoms with E-state index < -0.39 is 18.0 Å². The molecule has 5 heterocycles. The summed E-state index contributed by atoms with van der Waals surface area (Å²) in [6, 6.07) is 7.00. The Hall–Kier alpha value is -4.30. The normalized spacial score (nSPS) is 15.9. The van der Waals surface area contributed by atoms with E-state index in [1.54, 1.807) is 28.6 Å². The number of nitriles is 1. The van der Waals surface area contributed by atoms with E-state index in [1.807, 2.05) is 23.1 Å². The van der Waals surface area contributed by atoms with E-state index in [0.29, 0.717) is 35.6 Å². The topological polar surface area (TPSA) is 122 Å². The summed E-state index contributed by atoms with van der Waals surface area (Å²) in [7, 11) is 0. The van der Waals surface area contributed by atoms with Crippen LogP contribution in [-0.2, 0) is 4.79 Å². The molecule has 10 nitrogen and oxygen atoms in total. The van der Waals surface area contributed by atoms with Crippen LogP contribution in [0.5, 0.6) is 5.75 Å². The minimum Gasteiger partial charge on any atom is -0.482 e. The van der Waals surface area contributed by atoms with Crippen LogP contribution in [0.2, 0.25) is 0 Å². The van der Waals surface area contributed by atoms with Gasteiger partial charge in [-0.3, -0.25) is 14.5 Å². The largest absolute Gasteiger partial charge is 0.482 e. The number of hydrogen-bond acceptors (Lipinski definition) is 7. The molecular weight excluding hydrogens is 477 g/mol. The summed E-state index contributed by atoms with van der Waals surface area (Å²) in [5, 5.41) is 28.0. The third kappa shape index (κ3) is 4.88. The van der Waals surface area contributed by atoms with Gasteiger partial charge in [-0.05, 0) is 44.9 Å². The molecular formula is C26H26FN7O3. The quantitative estimate of drug-likeness (QED) is 0.428. The number of fused-ring (bicyclic) bond motifs is 1. The van der Waals surface area contributed by atoms with Gasteiger partial charge in [0.25, 0.3) is 5.91 Å². The van der Waals surface area contributed by atoms with E-state index in [4.69, 9.17) is 4.74 Å². The maximum atomic E-state index is 13.3. The van der Waals surface area contributed by atoms with Crippen LogP contribution in [0.3, 0.4) is 0 Å². The van der Waals surface area contributed by atoms with E-state index in [1.165, 1.54) is 19.2 Å². The monoisotopic (exact) mass is 503 g/mol. The molecule has 1 saturated heterocycles. The van der Waals surface area contributed by atoms with Crippen molar-refractivity contribution in [3.8, 4) is 22.9 Å². The molecule has 4 aromatic heterocycles. The highest BCUT2D eigenvalue weighted by Crippen LogP contribution is 2.33. The molecule has 1 fully saturated rings. The highest BCUT2D eigenvalue weighted by molar-refractivity contribution is 5.80. The van der Waals surface area contributed by atoms with E-state index in [0.717, 1.165) is 30.2 Å². The lowest BCUT2D eigenvalue weighted by atomic mass is 10.0. The standard InChI is InChI=1S/C26H26FN7O3/c1-16(35)26(36)32-7-5-22(6-8-32)33-15-20(12-30-33)18-9-24(25-19(10-28)11-31-34(25)14-18)37-17(2)23-4-3-21(27)13-29-23/h3-4,9,11-17,22,35H,5-8H2,1-2H3/t16-,17+/m0/s1. The average molecular weight is 504 g/mol. The summed E-state index contributed by atoms with van der Waals surface area (Å²) < 4.78 is 23.0. The fourth-order valence-electron chi connectivity index (χ4n) is 4.59. The number of aromatic nitrogens is 5. The molecule has 0 unspecified atom stereocenters. The molecule has 0 saturated carbocycles. The molecule has 0 aromatic carbocycles. The van der Waals surface area contributed by atoms with Gasteiger partial charge in [-0.15, -0.1) is 0 Å². The van der Waals surface area contributed by atoms with Crippen LogP contribution >= 0.6 is 0 Å². The van der Waals surface area contributed by atoms with Gasteiger partial charge in [-0.1, -0.05) is 0 Å². The summed E-state index contributed by atoms with van der Waals surface area (Å²) in [5.41, 5.74) is 3.09. The SMILES string of the molecule is C[C@H](O)C(=O)N1CCC(n2cc(-c3cc(O[C@H](C)c4ccc(F)cn4)c4c(C#N)cnn4c3)cn2)CC1. The van der Waals surface area contributed by atoms with Crippen molar-refractivity contribution in [3.63, 3.8) is 0 Å². The first-order chi connectivity index (χ1) is 17.8. The van der Waals surface area contributed by atoms with Gasteiger partial charge < -0.3 is 14.7 Å². The van der Waals surface area contributed by atoms with Gasteiger partial charge in [-0.25, -0.2) is 8.91 Å². The minimum absolute atomic E-state index is 0.130. The molecule has 4 aromatic rings. The van der Waals surface area contributed by atoms with Crippen LogP contribution < -0.4 is 4.74 Å². The van der Waals surface area contributed by atoms with Crippen LogP contribution in [0.15, 0.2) is 49.2 Å². The number of ether oxygens (including phenoxy) is 1. The highest BCUT2D eigenvalue weighted by atomic mass is 19.1. The summed E-state index contributed by atoms with van der Waals surface area (Å²) in [6.07, 6.45) is 8.12. The zero-order valence-corrected chi connectivity index (χ0v) is 20.5. The smallest absolute Gasteiger partial charge is 0.251 e. The number of amides is 1. The highest BCUT2D eigenvalue weighted by Gasteiger charge is 2.26. The Balaban J connectivity index is 1.41. The molecule has 1 amide bonds. The maximum Gasteiger partial charge on any atom is 0.251 e. The van der Waals surface area contributed by atoms with Gasteiger partial charge in [0, 0.05) is 36.6 Å². The van der Waals surface area contributed by atoms with Crippen LogP contribution in [0.4, 0.5) is 4.39 Å². The van der Waals surface area contributed by atoms with Crippen molar-refractivity contribution < 1.29 is 19.0 Å². The number of likely N-dealkylation sites (tertiary alicyclic amines) is 1. The number of carbonyl (C=O) groups excluding carboxylic acids is 1. The number of hydrogen-bond donors (Lipinski definition) is 1. The minimum atomic E-state index is -0.996. The van der Waals surface area contributed by atoms with Gasteiger partial charge >= 0.3 is 0 Å². The Morgan fingerprint density at radius 3 is 2.62 bits per heavy atom. The van der Waals surface area contributed by atoms with Crippen molar-refractivity contribution in [2.45, 2.75) is 44.9 Å². The van der Waals surface area contributed by atoms with Gasteiger partial charge in [0.15, 0.2) is 0 Å². The number of pyridine rings is 2. The Bertz CT molecular complexity index is 1460. The molecule has 190 valence electrons. The van der Waals surface area contributed by atoms with Crippen LogP contribution in [0, 0.1) is 17.1 Å². The predicted octanol–water partition coefficient (Wildman–Crippen LogP) is 3.29. The maximum absolute atomic E-state index is 13.3. The Kier molecular flexibility index (Phi) is 6.58. The number of carbonyl (C=O) groups is 1. The summed E-state index contributed by atoms with van der Waals surface area (Å²) in [4.78, 5) is 17.9. The molecule has 1 N–H and O–H groups in total. The molecule has 0 radical (unpaired) electrons. The van der Waals surface area contributed by atoms with E-state index in [-0.39, 0.29) is 11.9 Å². The summed E-state index contributed by atoms with van der Waals surface area (Å²) >= 11 is 0. The van der Waals surface area contributed by atoms with Gasteiger partial charge in [0.1, 0.15) is 40.9 Å². The second-order valence-electron chi connectivity index (χ2n) is 9.16. The zero-order valence-electron chi connectivity index (χ0n) is 20.5. The molecule has 0 spiro atoms. The Morgan fingerprint density at radius 1 is 1.16 bits per heavy atom. The van der Waals surface area contributed by atoms with Crippen molar-refractivity contribution in [2.24, 2.45) is 0 Å². The molecule has 37 heavy (non-hydrogen) atoms. The third-order valence-electron chi connectivity index (χ3n) is 6.61. The van der Waals surface area contributed by atoms with Crippen LogP contribution in [0.1, 0.15) is 50.1 Å². The van der Waals surface area contributed by atoms with Crippen LogP contribution in [0.25, 0.3) is 16.6 Å². The van der Waals surface area contributed by atoms with Crippen molar-refractivity contribution in [2.75, 3.05) is 13.1 Å². The molecule has 0 bridgehead atoms. The van der Waals surface area contributed by atoms with Gasteiger partial charge in [-0.2, -0.15) is 15.5 Å². The lowest BCUT2D eigenvalue weighted by Crippen LogP contribution is -2.43. The Labute approximate surface area is 212 Å². The first kappa shape index (κ1) is 24.4. The summed E-state index contributed by atoms with van der Waals surface area (Å²) in [5.74, 6) is -0.232. The van der Waals surface area contributed by atoms with Gasteiger partial charge in [0.2, 0.25) is 0 Å². The number of piperidine rings is 1. The van der Waals surface area contributed by atoms with Crippen molar-refractivity contribution in [1.29, 1.82) is 5.26 Å². The average Bonchev–Trinajstić information content (AvgIpc) is 3.56. The third-order valence-corrected chi connectivity index (χ3v) is 6.61. The number of halogens is 1. The first-order valence-electron chi connectivity index (χ1n) is 12.0. The van der Waals surface area contributed by atoms with Crippen molar-refractivity contribution >= 4 is 11.4 Å². The number of nitrogens with zero attached hydrogens (tertiary/aromatic N) is 7. The van der Waals surface area contributed by atoms with Gasteiger partial charge in [0.05, 0.1) is 30.3 Å². The molecule has 0 aliphatic carbocycles. The second kappa shape index (κ2) is 9.99. The number of aliphatic hydroxyl groups is 1. The zero-order chi connectivity index (χ0) is 26.1. The fraction of sp³-hybridized carbons (Fsp3) is 0.346. The Morgan fingerprint density at radius 2 is 1.95 bits per heavy atom. The van der Waals surface area contributed by atoms with Crippen molar-refractivity contribution in [3.05, 3.63) is 66.3 Å². The van der Waals surface area contributed by atoms with E-state index in [2.05, 4.69) is 21.3 Å². The molecule has 2 atom stereocenters. The molecule has 1 aliphatic heterocycles. The van der Waals surface area contributed by atoms with E-state index >= 15 is 0 Å². The predicted molar refractivity (Wildman–Crippen MR) is 131 cm³/mol. The van der Waals surface area contributed by atoms with Crippen molar-refractivity contribution in [1.82, 2.24) is 29.3 Å². The summed E-state index contributed by atoms with van der Waals surface area (Å²) in [6.45, 7) is 4.41. The molecule has 11 heteroatoms. The number of aliphatic hydroxyl groups excluding tert-OH is 1.